The first-order valence-corrected chi connectivity index (χ1v) is 23.5. The molecular weight excluding hydrogens is 901 g/mol. The SMILES string of the molecule is CCC(Nc1nc(Nc2ccc(N=Nc3cccc(S(=O)(=O)O)c3)cc2OC)nc(Nc2ccc(N=Nc3cccc(S(=O)(=O)O)c3)cc2OCCCS(=O)(=O)O)n1)S(=O)(=O)O. The van der Waals surface area contributed by atoms with Crippen molar-refractivity contribution in [2.75, 3.05) is 35.4 Å². The summed E-state index contributed by atoms with van der Waals surface area (Å²) < 4.78 is 142. The van der Waals surface area contributed by atoms with Crippen LogP contribution in [0.5, 0.6) is 11.5 Å². The van der Waals surface area contributed by atoms with Crippen LogP contribution >= 0.6 is 0 Å². The molecular formula is C34H36N10O14S4. The van der Waals surface area contributed by atoms with E-state index in [0.717, 1.165) is 18.2 Å². The Morgan fingerprint density at radius 1 is 0.613 bits per heavy atom. The third-order valence-electron chi connectivity index (χ3n) is 7.90. The highest BCUT2D eigenvalue weighted by Gasteiger charge is 2.23. The molecule has 0 aliphatic rings. The molecule has 1 unspecified atom stereocenters. The van der Waals surface area contributed by atoms with Gasteiger partial charge in [0.25, 0.3) is 40.5 Å². The second-order valence-electron chi connectivity index (χ2n) is 12.5. The second kappa shape index (κ2) is 19.6. The summed E-state index contributed by atoms with van der Waals surface area (Å²) in [5, 5.41) is 23.0. The molecule has 1 heterocycles. The molecule has 0 saturated carbocycles. The lowest BCUT2D eigenvalue weighted by Crippen LogP contribution is -2.29. The van der Waals surface area contributed by atoms with Gasteiger partial charge in [-0.2, -0.15) is 69.1 Å². The van der Waals surface area contributed by atoms with Crippen molar-refractivity contribution in [2.45, 2.75) is 34.9 Å². The lowest BCUT2D eigenvalue weighted by molar-refractivity contribution is 0.317. The van der Waals surface area contributed by atoms with E-state index in [1.165, 1.54) is 80.8 Å². The summed E-state index contributed by atoms with van der Waals surface area (Å²) in [5.74, 6) is -1.19. The fourth-order valence-electron chi connectivity index (χ4n) is 5.03. The largest absolute Gasteiger partial charge is 0.494 e. The number of benzene rings is 4. The number of nitrogens with zero attached hydrogens (tertiary/aromatic N) is 7. The van der Waals surface area contributed by atoms with E-state index < -0.39 is 56.5 Å². The molecule has 0 fully saturated rings. The number of hydrogen-bond acceptors (Lipinski definition) is 20. The van der Waals surface area contributed by atoms with E-state index in [0.29, 0.717) is 0 Å². The topological polar surface area (TPSA) is 360 Å². The molecule has 0 bridgehead atoms. The predicted molar refractivity (Wildman–Crippen MR) is 222 cm³/mol. The Kier molecular flexibility index (Phi) is 14.8. The first-order chi connectivity index (χ1) is 29.1. The van der Waals surface area contributed by atoms with Crippen LogP contribution in [0.25, 0.3) is 0 Å². The molecule has 0 spiro atoms. The zero-order chi connectivity index (χ0) is 45.3. The third-order valence-corrected chi connectivity index (χ3v) is 11.6. The summed E-state index contributed by atoms with van der Waals surface area (Å²) in [7, 11) is -16.6. The lowest BCUT2D eigenvalue weighted by atomic mass is 10.2. The summed E-state index contributed by atoms with van der Waals surface area (Å²) in [4.78, 5) is 12.1. The van der Waals surface area contributed by atoms with Crippen molar-refractivity contribution in [3.63, 3.8) is 0 Å². The predicted octanol–water partition coefficient (Wildman–Crippen LogP) is 6.38. The van der Waals surface area contributed by atoms with Gasteiger partial charge in [-0.05, 0) is 73.5 Å². The van der Waals surface area contributed by atoms with Crippen LogP contribution < -0.4 is 25.4 Å². The molecule has 0 aliphatic heterocycles. The molecule has 0 radical (unpaired) electrons. The Bertz CT molecular complexity index is 2960. The van der Waals surface area contributed by atoms with Crippen molar-refractivity contribution < 1.29 is 61.4 Å². The van der Waals surface area contributed by atoms with Crippen molar-refractivity contribution in [1.82, 2.24) is 15.0 Å². The quantitative estimate of drug-likeness (QED) is 0.0252. The van der Waals surface area contributed by atoms with Crippen LogP contribution in [0.3, 0.4) is 0 Å². The number of rotatable bonds is 20. The number of aromatic nitrogens is 3. The Morgan fingerprint density at radius 2 is 1.06 bits per heavy atom. The minimum atomic E-state index is -4.65. The van der Waals surface area contributed by atoms with E-state index in [2.05, 4.69) is 51.4 Å². The standard InChI is InChI=1S/C34H36N10O14S4/c1-3-31(62(54,55)56)37-34-39-32(35-27-13-11-23(19-29(27)57-2)43-41-21-7-4-9-25(17-21)60(48,49)50)38-33(40-34)36-28-14-12-24(20-30(28)58-15-6-16-59(45,46)47)44-42-22-8-5-10-26(18-22)61(51,52)53/h4-5,7-14,17-20,31H,3,6,15-16H2,1-2H3,(H,45,46,47)(H,48,49,50)(H,51,52,53)(H,54,55,56)(H3,35,36,37,38,39,40). The highest BCUT2D eigenvalue weighted by atomic mass is 32.2. The van der Waals surface area contributed by atoms with Crippen molar-refractivity contribution in [3.8, 4) is 11.5 Å². The number of hydrogen-bond donors (Lipinski definition) is 7. The van der Waals surface area contributed by atoms with E-state index in [1.807, 2.05) is 0 Å². The van der Waals surface area contributed by atoms with E-state index in [-0.39, 0.29) is 87.8 Å². The summed E-state index contributed by atoms with van der Waals surface area (Å²) in [5.41, 5.74) is 0.990. The Balaban J connectivity index is 1.49. The molecule has 0 amide bonds. The minimum Gasteiger partial charge on any atom is -0.494 e. The highest BCUT2D eigenvalue weighted by molar-refractivity contribution is 7.86. The van der Waals surface area contributed by atoms with E-state index in [9.17, 15) is 51.9 Å². The fraction of sp³-hybridized carbons (Fsp3) is 0.206. The number of anilines is 5. The maximum atomic E-state index is 12.1. The van der Waals surface area contributed by atoms with Gasteiger partial charge < -0.3 is 25.4 Å². The van der Waals surface area contributed by atoms with Crippen LogP contribution in [0.4, 0.5) is 52.0 Å². The number of methoxy groups -OCH3 is 1. The Hall–Kier alpha value is -6.27. The molecule has 1 aromatic heterocycles. The van der Waals surface area contributed by atoms with Gasteiger partial charge in [0.05, 0.1) is 63.4 Å². The molecule has 24 nitrogen and oxygen atoms in total. The van der Waals surface area contributed by atoms with E-state index in [1.54, 1.807) is 0 Å². The van der Waals surface area contributed by atoms with E-state index in [4.69, 9.17) is 9.47 Å². The average Bonchev–Trinajstić information content (AvgIpc) is 3.19. The monoisotopic (exact) mass is 936 g/mol. The van der Waals surface area contributed by atoms with E-state index >= 15 is 0 Å². The van der Waals surface area contributed by atoms with Crippen molar-refractivity contribution in [3.05, 3.63) is 84.9 Å². The maximum absolute atomic E-state index is 12.1. The average molecular weight is 937 g/mol. The van der Waals surface area contributed by atoms with Crippen LogP contribution in [-0.4, -0.2) is 91.7 Å². The van der Waals surface area contributed by atoms with Gasteiger partial charge in [-0.1, -0.05) is 19.1 Å². The van der Waals surface area contributed by atoms with Crippen molar-refractivity contribution in [2.24, 2.45) is 20.5 Å². The molecule has 330 valence electrons. The summed E-state index contributed by atoms with van der Waals surface area (Å²) in [6.45, 7) is 1.25. The van der Waals surface area contributed by atoms with Crippen molar-refractivity contribution in [1.29, 1.82) is 0 Å². The summed E-state index contributed by atoms with van der Waals surface area (Å²) in [6, 6.07) is 18.9. The van der Waals surface area contributed by atoms with Crippen LogP contribution in [0.2, 0.25) is 0 Å². The van der Waals surface area contributed by atoms with Gasteiger partial charge in [0.15, 0.2) is 5.37 Å². The van der Waals surface area contributed by atoms with Gasteiger partial charge in [-0.25, -0.2) is 0 Å². The zero-order valence-electron chi connectivity index (χ0n) is 32.1. The third kappa shape index (κ3) is 13.9. The maximum Gasteiger partial charge on any atom is 0.294 e. The number of azo groups is 2. The van der Waals surface area contributed by atoms with Crippen LogP contribution in [0, 0.1) is 0 Å². The zero-order valence-corrected chi connectivity index (χ0v) is 35.4. The molecule has 5 aromatic rings. The molecule has 28 heteroatoms. The fourth-order valence-corrected chi connectivity index (χ4v) is 7.23. The lowest BCUT2D eigenvalue weighted by Gasteiger charge is -2.17. The molecule has 0 aliphatic carbocycles. The molecule has 0 saturated heterocycles. The summed E-state index contributed by atoms with van der Waals surface area (Å²) in [6.07, 6.45) is -0.255. The van der Waals surface area contributed by atoms with Gasteiger partial charge >= 0.3 is 0 Å². The first-order valence-electron chi connectivity index (χ1n) is 17.5. The minimum absolute atomic E-state index is 0.0217. The molecule has 62 heavy (non-hydrogen) atoms. The van der Waals surface area contributed by atoms with Gasteiger partial charge in [0.1, 0.15) is 11.5 Å². The molecule has 5 rings (SSSR count). The Morgan fingerprint density at radius 3 is 1.50 bits per heavy atom. The number of nitrogens with one attached hydrogen (secondary N) is 3. The molecule has 4 aromatic carbocycles. The smallest absolute Gasteiger partial charge is 0.294 e. The normalized spacial score (nSPS) is 12.9. The van der Waals surface area contributed by atoms with Gasteiger partial charge in [0, 0.05) is 12.1 Å². The van der Waals surface area contributed by atoms with Gasteiger partial charge in [-0.3, -0.25) is 18.2 Å². The first kappa shape index (κ1) is 46.8. The molecule has 7 N–H and O–H groups in total. The van der Waals surface area contributed by atoms with Crippen LogP contribution in [-0.2, 0) is 40.5 Å². The Labute approximate surface area is 354 Å². The highest BCUT2D eigenvalue weighted by Crippen LogP contribution is 2.35. The summed E-state index contributed by atoms with van der Waals surface area (Å²) >= 11 is 0. The van der Waals surface area contributed by atoms with Crippen molar-refractivity contribution >= 4 is 92.4 Å². The number of ether oxygens (including phenoxy) is 2. The molecule has 1 atom stereocenters. The second-order valence-corrected chi connectivity index (χ2v) is 18.5. The van der Waals surface area contributed by atoms with Gasteiger partial charge in [-0.15, -0.1) is 0 Å². The van der Waals surface area contributed by atoms with Gasteiger partial charge in [0.2, 0.25) is 17.8 Å². The van der Waals surface area contributed by atoms with Crippen LogP contribution in [0.15, 0.2) is 115 Å². The van der Waals surface area contributed by atoms with Crippen LogP contribution in [0.1, 0.15) is 19.8 Å².